The molecule has 2 N–H and O–H groups in total. The van der Waals surface area contributed by atoms with Crippen molar-refractivity contribution in [1.29, 1.82) is 0 Å². The Kier molecular flexibility index (Phi) is 10.0. The number of para-hydroxylation sites is 1. The van der Waals surface area contributed by atoms with Crippen molar-refractivity contribution in [3.05, 3.63) is 58.6 Å². The Hall–Kier alpha value is -3.06. The molecule has 0 aromatic heterocycles. The lowest BCUT2D eigenvalue weighted by atomic mass is 10.0. The molecule has 0 aliphatic heterocycles. The zero-order chi connectivity index (χ0) is 23.5. The third kappa shape index (κ3) is 8.23. The number of rotatable bonds is 11. The van der Waals surface area contributed by atoms with Crippen LogP contribution in [0.4, 0.5) is 0 Å². The van der Waals surface area contributed by atoms with Crippen LogP contribution in [-0.4, -0.2) is 37.3 Å². The van der Waals surface area contributed by atoms with E-state index >= 15 is 0 Å². The van der Waals surface area contributed by atoms with Crippen molar-refractivity contribution in [2.75, 3.05) is 13.2 Å². The maximum absolute atomic E-state index is 12.7. The summed E-state index contributed by atoms with van der Waals surface area (Å²) in [7, 11) is 0. The van der Waals surface area contributed by atoms with Crippen LogP contribution in [0, 0.1) is 12.8 Å². The first-order valence-corrected chi connectivity index (χ1v) is 10.9. The van der Waals surface area contributed by atoms with Crippen LogP contribution in [0.15, 0.2) is 47.6 Å². The number of hydrogen-bond donors (Lipinski definition) is 2. The molecule has 7 nitrogen and oxygen atoms in total. The number of ether oxygens (including phenoxy) is 2. The van der Waals surface area contributed by atoms with E-state index in [1.54, 1.807) is 24.3 Å². The van der Waals surface area contributed by atoms with Crippen molar-refractivity contribution in [3.8, 4) is 11.5 Å². The van der Waals surface area contributed by atoms with Crippen molar-refractivity contribution >= 4 is 29.6 Å². The third-order valence-corrected chi connectivity index (χ3v) is 4.70. The Morgan fingerprint density at radius 3 is 2.56 bits per heavy atom. The van der Waals surface area contributed by atoms with Gasteiger partial charge < -0.3 is 14.8 Å². The molecule has 8 heteroatoms. The smallest absolute Gasteiger partial charge is 0.262 e. The Morgan fingerprint density at radius 2 is 1.88 bits per heavy atom. The SMILES string of the molecule is CCOc1ccc(Cl)cc1/C=N\NC(=O)[C@@H](CC(C)C)NC(=O)COc1ccccc1C. The summed E-state index contributed by atoms with van der Waals surface area (Å²) >= 11 is 6.04. The highest BCUT2D eigenvalue weighted by Gasteiger charge is 2.22. The maximum atomic E-state index is 12.7. The van der Waals surface area contributed by atoms with Gasteiger partial charge in [0.25, 0.3) is 11.8 Å². The van der Waals surface area contributed by atoms with E-state index in [2.05, 4.69) is 15.8 Å². The normalized spacial score (nSPS) is 11.9. The molecule has 0 radical (unpaired) electrons. The first kappa shape index (κ1) is 25.2. The summed E-state index contributed by atoms with van der Waals surface area (Å²) in [6, 6.07) is 11.8. The maximum Gasteiger partial charge on any atom is 0.262 e. The Bertz CT molecular complexity index is 947. The molecule has 2 aromatic rings. The summed E-state index contributed by atoms with van der Waals surface area (Å²) in [5.41, 5.74) is 4.05. The van der Waals surface area contributed by atoms with E-state index in [0.29, 0.717) is 35.1 Å². The van der Waals surface area contributed by atoms with Crippen molar-refractivity contribution in [2.24, 2.45) is 11.0 Å². The quantitative estimate of drug-likeness (QED) is 0.391. The molecular weight excluding hydrogens is 430 g/mol. The Labute approximate surface area is 194 Å². The van der Waals surface area contributed by atoms with Gasteiger partial charge in [-0.15, -0.1) is 0 Å². The summed E-state index contributed by atoms with van der Waals surface area (Å²) in [4.78, 5) is 25.1. The molecule has 0 fully saturated rings. The number of hydrazone groups is 1. The molecule has 0 unspecified atom stereocenters. The molecule has 0 aliphatic rings. The largest absolute Gasteiger partial charge is 0.493 e. The van der Waals surface area contributed by atoms with Gasteiger partial charge in [0.2, 0.25) is 0 Å². The highest BCUT2D eigenvalue weighted by molar-refractivity contribution is 6.30. The molecule has 0 heterocycles. The number of benzene rings is 2. The van der Waals surface area contributed by atoms with E-state index in [-0.39, 0.29) is 18.4 Å². The first-order chi connectivity index (χ1) is 15.3. The molecule has 0 aliphatic carbocycles. The van der Waals surface area contributed by atoms with E-state index in [1.807, 2.05) is 45.9 Å². The predicted octanol–water partition coefficient (Wildman–Crippen LogP) is 4.11. The number of carbonyl (C=O) groups excluding carboxylic acids is 2. The van der Waals surface area contributed by atoms with Gasteiger partial charge >= 0.3 is 0 Å². The van der Waals surface area contributed by atoms with Crippen LogP contribution in [-0.2, 0) is 9.59 Å². The van der Waals surface area contributed by atoms with Gasteiger partial charge in [-0.1, -0.05) is 43.6 Å². The van der Waals surface area contributed by atoms with Crippen LogP contribution in [0.2, 0.25) is 5.02 Å². The van der Waals surface area contributed by atoms with Crippen LogP contribution in [0.5, 0.6) is 11.5 Å². The summed E-state index contributed by atoms with van der Waals surface area (Å²) in [6.45, 7) is 8.02. The number of amides is 2. The van der Waals surface area contributed by atoms with Gasteiger partial charge in [0.05, 0.1) is 12.8 Å². The third-order valence-electron chi connectivity index (χ3n) is 4.46. The van der Waals surface area contributed by atoms with E-state index in [0.717, 1.165) is 5.56 Å². The number of carbonyl (C=O) groups is 2. The van der Waals surface area contributed by atoms with Crippen molar-refractivity contribution in [2.45, 2.75) is 40.2 Å². The predicted molar refractivity (Wildman–Crippen MR) is 126 cm³/mol. The van der Waals surface area contributed by atoms with Crippen LogP contribution >= 0.6 is 11.6 Å². The van der Waals surface area contributed by atoms with Gasteiger partial charge in [-0.2, -0.15) is 5.10 Å². The minimum atomic E-state index is -0.745. The molecule has 0 saturated heterocycles. The molecule has 0 saturated carbocycles. The highest BCUT2D eigenvalue weighted by atomic mass is 35.5. The van der Waals surface area contributed by atoms with Crippen LogP contribution in [0.1, 0.15) is 38.3 Å². The van der Waals surface area contributed by atoms with Gasteiger partial charge in [0.15, 0.2) is 6.61 Å². The molecule has 0 spiro atoms. The van der Waals surface area contributed by atoms with Gasteiger partial charge in [-0.05, 0) is 56.0 Å². The number of nitrogens with zero attached hydrogens (tertiary/aromatic N) is 1. The minimum Gasteiger partial charge on any atom is -0.493 e. The lowest BCUT2D eigenvalue weighted by molar-refractivity contribution is -0.130. The van der Waals surface area contributed by atoms with Crippen LogP contribution < -0.4 is 20.2 Å². The Balaban J connectivity index is 1.98. The fourth-order valence-electron chi connectivity index (χ4n) is 2.95. The van der Waals surface area contributed by atoms with Crippen molar-refractivity contribution < 1.29 is 19.1 Å². The van der Waals surface area contributed by atoms with E-state index < -0.39 is 11.9 Å². The van der Waals surface area contributed by atoms with Crippen molar-refractivity contribution in [3.63, 3.8) is 0 Å². The highest BCUT2D eigenvalue weighted by Crippen LogP contribution is 2.21. The first-order valence-electron chi connectivity index (χ1n) is 10.5. The number of halogens is 1. The van der Waals surface area contributed by atoms with E-state index in [1.165, 1.54) is 6.21 Å². The standard InChI is InChI=1S/C24H30ClN3O4/c1-5-31-22-11-10-19(25)13-18(22)14-26-28-24(30)20(12-16(2)3)27-23(29)15-32-21-9-7-6-8-17(21)4/h6-11,13-14,16,20H,5,12,15H2,1-4H3,(H,27,29)(H,28,30)/b26-14-/t20-/m1/s1. The lowest BCUT2D eigenvalue weighted by Crippen LogP contribution is -2.47. The zero-order valence-electron chi connectivity index (χ0n) is 18.9. The fourth-order valence-corrected chi connectivity index (χ4v) is 3.13. The fraction of sp³-hybridized carbons (Fsp3) is 0.375. The molecule has 2 amide bonds. The van der Waals surface area contributed by atoms with Gasteiger partial charge in [0.1, 0.15) is 17.5 Å². The number of nitrogens with one attached hydrogen (secondary N) is 2. The molecule has 2 aromatic carbocycles. The molecule has 0 bridgehead atoms. The molecule has 1 atom stereocenters. The molecule has 2 rings (SSSR count). The van der Waals surface area contributed by atoms with E-state index in [9.17, 15) is 9.59 Å². The second kappa shape index (κ2) is 12.7. The van der Waals surface area contributed by atoms with Gasteiger partial charge in [-0.3, -0.25) is 9.59 Å². The monoisotopic (exact) mass is 459 g/mol. The van der Waals surface area contributed by atoms with Crippen molar-refractivity contribution in [1.82, 2.24) is 10.7 Å². The average Bonchev–Trinajstić information content (AvgIpc) is 2.74. The lowest BCUT2D eigenvalue weighted by Gasteiger charge is -2.19. The minimum absolute atomic E-state index is 0.184. The Morgan fingerprint density at radius 1 is 1.12 bits per heavy atom. The zero-order valence-corrected chi connectivity index (χ0v) is 19.6. The van der Waals surface area contributed by atoms with Crippen LogP contribution in [0.25, 0.3) is 0 Å². The van der Waals surface area contributed by atoms with Gasteiger partial charge in [0, 0.05) is 10.6 Å². The van der Waals surface area contributed by atoms with E-state index in [4.69, 9.17) is 21.1 Å². The van der Waals surface area contributed by atoms with Gasteiger partial charge in [-0.25, -0.2) is 5.43 Å². The number of hydrogen-bond acceptors (Lipinski definition) is 5. The molecular formula is C24H30ClN3O4. The molecule has 32 heavy (non-hydrogen) atoms. The summed E-state index contributed by atoms with van der Waals surface area (Å²) in [6.07, 6.45) is 1.92. The topological polar surface area (TPSA) is 89.0 Å². The second-order valence-electron chi connectivity index (χ2n) is 7.65. The summed E-state index contributed by atoms with van der Waals surface area (Å²) < 4.78 is 11.1. The number of aryl methyl sites for hydroxylation is 1. The summed E-state index contributed by atoms with van der Waals surface area (Å²) in [5, 5.41) is 7.28. The molecule has 172 valence electrons. The second-order valence-corrected chi connectivity index (χ2v) is 8.09. The van der Waals surface area contributed by atoms with Crippen LogP contribution in [0.3, 0.4) is 0 Å². The summed E-state index contributed by atoms with van der Waals surface area (Å²) in [5.74, 6) is 0.620. The average molecular weight is 460 g/mol.